The molecule has 1 atom stereocenters. The first-order valence-corrected chi connectivity index (χ1v) is 9.65. The molecule has 0 aromatic heterocycles. The number of aliphatic hydroxyl groups is 1. The molecule has 2 heterocycles. The van der Waals surface area contributed by atoms with Crippen molar-refractivity contribution in [3.05, 3.63) is 64.7 Å². The van der Waals surface area contributed by atoms with Gasteiger partial charge in [0, 0.05) is 18.7 Å². The molecule has 0 bridgehead atoms. The molecule has 0 radical (unpaired) electrons. The van der Waals surface area contributed by atoms with E-state index in [-0.39, 0.29) is 6.61 Å². The van der Waals surface area contributed by atoms with E-state index in [1.54, 1.807) is 7.11 Å². The second kappa shape index (κ2) is 8.15. The molecule has 1 N–H and O–H groups in total. The molecule has 1 unspecified atom stereocenters. The number of likely N-dealkylation sites (tertiary alicyclic amines) is 1. The summed E-state index contributed by atoms with van der Waals surface area (Å²) in [6, 6.07) is 14.3. The third kappa shape index (κ3) is 4.34. The largest absolute Gasteiger partial charge is 0.497 e. The van der Waals surface area contributed by atoms with Crippen molar-refractivity contribution in [1.29, 1.82) is 0 Å². The van der Waals surface area contributed by atoms with Gasteiger partial charge >= 0.3 is 0 Å². The molecular weight excluding hydrogens is 338 g/mol. The lowest BCUT2D eigenvalue weighted by atomic mass is 9.97. The van der Waals surface area contributed by atoms with Crippen LogP contribution in [0.25, 0.3) is 6.08 Å². The highest BCUT2D eigenvalue weighted by atomic mass is 16.5. The van der Waals surface area contributed by atoms with Crippen LogP contribution in [-0.4, -0.2) is 43.4 Å². The summed E-state index contributed by atoms with van der Waals surface area (Å²) in [6.07, 6.45) is 4.56. The molecule has 0 saturated carbocycles. The zero-order chi connectivity index (χ0) is 18.6. The van der Waals surface area contributed by atoms with E-state index in [4.69, 9.17) is 9.47 Å². The highest BCUT2D eigenvalue weighted by Crippen LogP contribution is 2.31. The van der Waals surface area contributed by atoms with Gasteiger partial charge in [-0.25, -0.2) is 0 Å². The molecule has 2 aromatic carbocycles. The van der Waals surface area contributed by atoms with Crippen LogP contribution < -0.4 is 9.47 Å². The summed E-state index contributed by atoms with van der Waals surface area (Å²) in [7, 11) is 1.69. The molecule has 2 aliphatic rings. The Hall–Kier alpha value is -2.30. The summed E-state index contributed by atoms with van der Waals surface area (Å²) in [5.74, 6) is 2.47. The Morgan fingerprint density at radius 2 is 2.07 bits per heavy atom. The van der Waals surface area contributed by atoms with E-state index in [0.29, 0.717) is 12.5 Å². The van der Waals surface area contributed by atoms with Gasteiger partial charge < -0.3 is 14.6 Å². The molecule has 0 amide bonds. The first kappa shape index (κ1) is 18.1. The Labute approximate surface area is 161 Å². The predicted octanol–water partition coefficient (Wildman–Crippen LogP) is 3.53. The number of hydrogen-bond donors (Lipinski definition) is 1. The first-order valence-electron chi connectivity index (χ1n) is 9.65. The van der Waals surface area contributed by atoms with E-state index in [2.05, 4.69) is 23.1 Å². The Bertz CT molecular complexity index is 830. The van der Waals surface area contributed by atoms with Gasteiger partial charge in [-0.3, -0.25) is 4.90 Å². The molecule has 2 aromatic rings. The number of nitrogens with zero attached hydrogens (tertiary/aromatic N) is 1. The highest BCUT2D eigenvalue weighted by Gasteiger charge is 2.24. The Morgan fingerprint density at radius 3 is 2.93 bits per heavy atom. The van der Waals surface area contributed by atoms with Crippen molar-refractivity contribution in [2.45, 2.75) is 19.4 Å². The molecule has 2 aliphatic heterocycles. The highest BCUT2D eigenvalue weighted by molar-refractivity contribution is 5.64. The Morgan fingerprint density at radius 1 is 1.19 bits per heavy atom. The number of rotatable bonds is 6. The zero-order valence-electron chi connectivity index (χ0n) is 15.9. The minimum Gasteiger partial charge on any atom is -0.497 e. The molecule has 0 spiro atoms. The van der Waals surface area contributed by atoms with Crippen LogP contribution in [0, 0.1) is 5.92 Å². The predicted molar refractivity (Wildman–Crippen MR) is 107 cm³/mol. The Kier molecular flexibility index (Phi) is 5.46. The van der Waals surface area contributed by atoms with Crippen LogP contribution in [0.5, 0.6) is 11.5 Å². The second-order valence-corrected chi connectivity index (χ2v) is 7.57. The first-order chi connectivity index (χ1) is 13.2. The second-order valence-electron chi connectivity index (χ2n) is 7.57. The molecule has 4 nitrogen and oxygen atoms in total. The molecule has 4 rings (SSSR count). The molecular formula is C23H27NO3. The van der Waals surface area contributed by atoms with Gasteiger partial charge in [-0.1, -0.05) is 24.3 Å². The maximum atomic E-state index is 9.32. The topological polar surface area (TPSA) is 41.9 Å². The van der Waals surface area contributed by atoms with Crippen LogP contribution in [0.2, 0.25) is 0 Å². The van der Waals surface area contributed by atoms with Crippen LogP contribution >= 0.6 is 0 Å². The fourth-order valence-electron chi connectivity index (χ4n) is 4.12. The van der Waals surface area contributed by atoms with Gasteiger partial charge in [-0.2, -0.15) is 0 Å². The lowest BCUT2D eigenvalue weighted by Gasteiger charge is -2.23. The summed E-state index contributed by atoms with van der Waals surface area (Å²) >= 11 is 0. The third-order valence-corrected chi connectivity index (χ3v) is 5.48. The molecule has 142 valence electrons. The number of aliphatic hydroxyl groups excluding tert-OH is 1. The normalized spacial score (nSPS) is 19.3. The maximum absolute atomic E-state index is 9.32. The van der Waals surface area contributed by atoms with Crippen molar-refractivity contribution in [2.75, 3.05) is 33.4 Å². The van der Waals surface area contributed by atoms with Gasteiger partial charge in [0.25, 0.3) is 0 Å². The van der Waals surface area contributed by atoms with Gasteiger partial charge in [-0.05, 0) is 66.3 Å². The lowest BCUT2D eigenvalue weighted by molar-refractivity contribution is 0.281. The summed E-state index contributed by atoms with van der Waals surface area (Å²) in [5, 5.41) is 9.32. The zero-order valence-corrected chi connectivity index (χ0v) is 15.9. The summed E-state index contributed by atoms with van der Waals surface area (Å²) in [4.78, 5) is 2.53. The van der Waals surface area contributed by atoms with Crippen LogP contribution in [0.3, 0.4) is 0 Å². The lowest BCUT2D eigenvalue weighted by Crippen LogP contribution is -2.26. The van der Waals surface area contributed by atoms with Crippen molar-refractivity contribution in [3.8, 4) is 11.5 Å². The minimum absolute atomic E-state index is 0.116. The number of fused-ring (bicyclic) bond motifs is 1. The van der Waals surface area contributed by atoms with Gasteiger partial charge in [0.1, 0.15) is 18.1 Å². The third-order valence-electron chi connectivity index (χ3n) is 5.48. The fraction of sp³-hybridized carbons (Fsp3) is 0.391. The van der Waals surface area contributed by atoms with Crippen LogP contribution in [0.4, 0.5) is 0 Å². The van der Waals surface area contributed by atoms with Gasteiger partial charge in [0.2, 0.25) is 0 Å². The van der Waals surface area contributed by atoms with Gasteiger partial charge in [0.15, 0.2) is 0 Å². The van der Waals surface area contributed by atoms with Gasteiger partial charge in [-0.15, -0.1) is 0 Å². The van der Waals surface area contributed by atoms with Crippen molar-refractivity contribution in [3.63, 3.8) is 0 Å². The van der Waals surface area contributed by atoms with E-state index in [9.17, 15) is 5.11 Å². The van der Waals surface area contributed by atoms with Crippen LogP contribution in [0.15, 0.2) is 48.0 Å². The van der Waals surface area contributed by atoms with Crippen molar-refractivity contribution in [2.24, 2.45) is 5.92 Å². The van der Waals surface area contributed by atoms with E-state index in [1.807, 2.05) is 30.3 Å². The standard InChI is InChI=1S/C23H27NO3/c1-26-22-5-6-23-21(12-22)11-20(16-27-23)14-24-8-7-18(13-24)9-17-3-2-4-19(10-17)15-25/h2-6,10-12,18,25H,7-9,13-16H2,1H3. The molecule has 4 heteroatoms. The molecule has 1 fully saturated rings. The smallest absolute Gasteiger partial charge is 0.127 e. The van der Waals surface area contributed by atoms with Crippen molar-refractivity contribution in [1.82, 2.24) is 4.90 Å². The average Bonchev–Trinajstić information content (AvgIpc) is 3.14. The quantitative estimate of drug-likeness (QED) is 0.850. The maximum Gasteiger partial charge on any atom is 0.127 e. The van der Waals surface area contributed by atoms with Crippen LogP contribution in [0.1, 0.15) is 23.1 Å². The van der Waals surface area contributed by atoms with Gasteiger partial charge in [0.05, 0.1) is 13.7 Å². The summed E-state index contributed by atoms with van der Waals surface area (Å²) in [6.45, 7) is 3.99. The number of ether oxygens (including phenoxy) is 2. The van der Waals surface area contributed by atoms with E-state index in [0.717, 1.165) is 48.7 Å². The molecule has 0 aliphatic carbocycles. The number of methoxy groups -OCH3 is 1. The molecule has 27 heavy (non-hydrogen) atoms. The SMILES string of the molecule is COc1ccc2c(c1)C=C(CN1CCC(Cc3cccc(CO)c3)C1)CO2. The van der Waals surface area contributed by atoms with E-state index in [1.165, 1.54) is 17.6 Å². The summed E-state index contributed by atoms with van der Waals surface area (Å²) in [5.41, 5.74) is 4.75. The Balaban J connectivity index is 1.36. The number of benzene rings is 2. The van der Waals surface area contributed by atoms with E-state index >= 15 is 0 Å². The van der Waals surface area contributed by atoms with Crippen molar-refractivity contribution >= 4 is 6.08 Å². The van der Waals surface area contributed by atoms with E-state index < -0.39 is 0 Å². The van der Waals surface area contributed by atoms with Crippen molar-refractivity contribution < 1.29 is 14.6 Å². The minimum atomic E-state index is 0.116. The monoisotopic (exact) mass is 365 g/mol. The molecule has 1 saturated heterocycles. The average molecular weight is 365 g/mol. The fourth-order valence-corrected chi connectivity index (χ4v) is 4.12. The summed E-state index contributed by atoms with van der Waals surface area (Å²) < 4.78 is 11.2. The van der Waals surface area contributed by atoms with Crippen LogP contribution in [-0.2, 0) is 13.0 Å². The number of hydrogen-bond acceptors (Lipinski definition) is 4.